The fourth-order valence-electron chi connectivity index (χ4n) is 2.25. The first kappa shape index (κ1) is 14.3. The van der Waals surface area contributed by atoms with Gasteiger partial charge in [0, 0.05) is 18.8 Å². The average Bonchev–Trinajstić information content (AvgIpc) is 3.03. The van der Waals surface area contributed by atoms with E-state index in [-0.39, 0.29) is 5.91 Å². The smallest absolute Gasteiger partial charge is 0.281 e. The van der Waals surface area contributed by atoms with E-state index in [2.05, 4.69) is 10.4 Å². The van der Waals surface area contributed by atoms with Gasteiger partial charge >= 0.3 is 0 Å². The van der Waals surface area contributed by atoms with Gasteiger partial charge in [-0.15, -0.1) is 0 Å². The standard InChI is InChI=1S/C15H14N4O2S/c1-18-9-10(8-16-18)7-11-14(20)19(15(22)17-11)12-5-3-4-6-13(12)21-2/h3-9H,1-2H3,(H,17,22)/b11-7+. The van der Waals surface area contributed by atoms with Crippen LogP contribution in [0.1, 0.15) is 5.56 Å². The molecule has 1 fully saturated rings. The Morgan fingerprint density at radius 1 is 1.36 bits per heavy atom. The topological polar surface area (TPSA) is 59.4 Å². The van der Waals surface area contributed by atoms with Crippen molar-refractivity contribution < 1.29 is 9.53 Å². The molecule has 6 nitrogen and oxygen atoms in total. The second-order valence-corrected chi connectivity index (χ2v) is 5.13. The molecule has 1 aromatic heterocycles. The molecule has 1 aliphatic rings. The van der Waals surface area contributed by atoms with Gasteiger partial charge in [-0.1, -0.05) is 12.1 Å². The maximum atomic E-state index is 12.6. The van der Waals surface area contributed by atoms with Crippen LogP contribution in [-0.2, 0) is 11.8 Å². The minimum absolute atomic E-state index is 0.224. The molecule has 2 heterocycles. The van der Waals surface area contributed by atoms with Crippen LogP contribution in [0.4, 0.5) is 5.69 Å². The summed E-state index contributed by atoms with van der Waals surface area (Å²) in [5.74, 6) is 0.362. The zero-order chi connectivity index (χ0) is 15.7. The maximum Gasteiger partial charge on any atom is 0.281 e. The lowest BCUT2D eigenvalue weighted by Crippen LogP contribution is -2.30. The van der Waals surface area contributed by atoms with Gasteiger partial charge in [-0.3, -0.25) is 9.48 Å². The Balaban J connectivity index is 1.97. The Morgan fingerprint density at radius 2 is 2.14 bits per heavy atom. The molecule has 0 atom stereocenters. The number of nitrogens with zero attached hydrogens (tertiary/aromatic N) is 3. The number of aromatic nitrogens is 2. The summed E-state index contributed by atoms with van der Waals surface area (Å²) < 4.78 is 6.97. The number of thiocarbonyl (C=S) groups is 1. The number of methoxy groups -OCH3 is 1. The largest absolute Gasteiger partial charge is 0.495 e. The number of hydrogen-bond acceptors (Lipinski definition) is 4. The van der Waals surface area contributed by atoms with Gasteiger partial charge in [0.15, 0.2) is 5.11 Å². The second kappa shape index (κ2) is 5.61. The van der Waals surface area contributed by atoms with E-state index in [4.69, 9.17) is 17.0 Å². The second-order valence-electron chi connectivity index (χ2n) is 4.75. The summed E-state index contributed by atoms with van der Waals surface area (Å²) in [6, 6.07) is 7.24. The van der Waals surface area contributed by atoms with Crippen LogP contribution in [0.2, 0.25) is 0 Å². The zero-order valence-corrected chi connectivity index (χ0v) is 12.9. The molecule has 1 aromatic carbocycles. The van der Waals surface area contributed by atoms with Gasteiger partial charge in [0.05, 0.1) is 19.0 Å². The summed E-state index contributed by atoms with van der Waals surface area (Å²) in [7, 11) is 3.37. The summed E-state index contributed by atoms with van der Waals surface area (Å²) >= 11 is 5.28. The third-order valence-electron chi connectivity index (χ3n) is 3.24. The first-order chi connectivity index (χ1) is 10.6. The van der Waals surface area contributed by atoms with Gasteiger partial charge in [0.25, 0.3) is 5.91 Å². The average molecular weight is 314 g/mol. The first-order valence-corrected chi connectivity index (χ1v) is 7.00. The summed E-state index contributed by atoms with van der Waals surface area (Å²) in [4.78, 5) is 14.0. The van der Waals surface area contributed by atoms with Crippen molar-refractivity contribution in [3.8, 4) is 5.75 Å². The Bertz CT molecular complexity index is 781. The number of amides is 1. The van der Waals surface area contributed by atoms with Crippen molar-refractivity contribution in [1.82, 2.24) is 15.1 Å². The number of aryl methyl sites for hydroxylation is 1. The molecule has 2 aromatic rings. The van der Waals surface area contributed by atoms with Crippen molar-refractivity contribution in [2.75, 3.05) is 12.0 Å². The van der Waals surface area contributed by atoms with E-state index in [1.54, 1.807) is 36.2 Å². The molecule has 3 rings (SSSR count). The first-order valence-electron chi connectivity index (χ1n) is 6.59. The number of ether oxygens (including phenoxy) is 1. The number of rotatable bonds is 3. The Morgan fingerprint density at radius 3 is 2.82 bits per heavy atom. The van der Waals surface area contributed by atoms with Crippen molar-refractivity contribution in [3.63, 3.8) is 0 Å². The minimum atomic E-state index is -0.224. The third-order valence-corrected chi connectivity index (χ3v) is 3.52. The summed E-state index contributed by atoms with van der Waals surface area (Å²) in [5, 5.41) is 7.34. The minimum Gasteiger partial charge on any atom is -0.495 e. The van der Waals surface area contributed by atoms with Gasteiger partial charge in [0.1, 0.15) is 11.4 Å². The monoisotopic (exact) mass is 314 g/mol. The van der Waals surface area contributed by atoms with Crippen LogP contribution in [0.5, 0.6) is 5.75 Å². The van der Waals surface area contributed by atoms with E-state index >= 15 is 0 Å². The quantitative estimate of drug-likeness (QED) is 0.690. The molecule has 0 saturated carbocycles. The lowest BCUT2D eigenvalue weighted by Gasteiger charge is -2.17. The van der Waals surface area contributed by atoms with E-state index < -0.39 is 0 Å². The van der Waals surface area contributed by atoms with Crippen LogP contribution >= 0.6 is 12.2 Å². The highest BCUT2D eigenvalue weighted by Gasteiger charge is 2.33. The number of carbonyl (C=O) groups is 1. The van der Waals surface area contributed by atoms with Crippen molar-refractivity contribution in [1.29, 1.82) is 0 Å². The van der Waals surface area contributed by atoms with Crippen LogP contribution in [0.15, 0.2) is 42.4 Å². The molecular weight excluding hydrogens is 300 g/mol. The van der Waals surface area contributed by atoms with E-state index in [1.807, 2.05) is 25.4 Å². The molecule has 0 unspecified atom stereocenters. The summed E-state index contributed by atoms with van der Waals surface area (Å²) in [6.45, 7) is 0. The predicted molar refractivity (Wildman–Crippen MR) is 87.4 cm³/mol. The van der Waals surface area contributed by atoms with Crippen LogP contribution < -0.4 is 15.0 Å². The van der Waals surface area contributed by atoms with Crippen molar-refractivity contribution >= 4 is 35.0 Å². The zero-order valence-electron chi connectivity index (χ0n) is 12.1. The Kier molecular flexibility index (Phi) is 3.64. The number of nitrogens with one attached hydrogen (secondary N) is 1. The predicted octanol–water partition coefficient (Wildman–Crippen LogP) is 1.69. The maximum absolute atomic E-state index is 12.6. The Hall–Kier alpha value is -2.67. The highest BCUT2D eigenvalue weighted by Crippen LogP contribution is 2.31. The number of para-hydroxylation sites is 2. The van der Waals surface area contributed by atoms with Crippen LogP contribution in [-0.4, -0.2) is 27.9 Å². The van der Waals surface area contributed by atoms with Crippen LogP contribution in [0.3, 0.4) is 0 Å². The van der Waals surface area contributed by atoms with Gasteiger partial charge < -0.3 is 10.1 Å². The summed E-state index contributed by atoms with van der Waals surface area (Å²) in [5.41, 5.74) is 1.84. The SMILES string of the molecule is COc1ccccc1N1C(=O)/C(=C\c2cnn(C)c2)NC1=S. The van der Waals surface area contributed by atoms with Crippen molar-refractivity contribution in [3.05, 3.63) is 47.9 Å². The van der Waals surface area contributed by atoms with E-state index in [1.165, 1.54) is 4.90 Å². The Labute approximate surface area is 133 Å². The highest BCUT2D eigenvalue weighted by atomic mass is 32.1. The van der Waals surface area contributed by atoms with Crippen molar-refractivity contribution in [2.24, 2.45) is 7.05 Å². The molecule has 0 radical (unpaired) electrons. The molecule has 1 amide bonds. The molecule has 0 spiro atoms. The number of carbonyl (C=O) groups excluding carboxylic acids is 1. The van der Waals surface area contributed by atoms with Gasteiger partial charge in [0.2, 0.25) is 0 Å². The number of anilines is 1. The molecule has 22 heavy (non-hydrogen) atoms. The third kappa shape index (κ3) is 2.46. The molecule has 7 heteroatoms. The number of benzene rings is 1. The van der Waals surface area contributed by atoms with E-state index in [0.29, 0.717) is 22.2 Å². The van der Waals surface area contributed by atoms with Crippen LogP contribution in [0, 0.1) is 0 Å². The lowest BCUT2D eigenvalue weighted by atomic mass is 10.2. The molecule has 1 aliphatic heterocycles. The van der Waals surface area contributed by atoms with Crippen molar-refractivity contribution in [2.45, 2.75) is 0 Å². The number of hydrogen-bond donors (Lipinski definition) is 1. The lowest BCUT2D eigenvalue weighted by molar-refractivity contribution is -0.113. The normalized spacial score (nSPS) is 16.3. The highest BCUT2D eigenvalue weighted by molar-refractivity contribution is 7.80. The molecule has 0 aliphatic carbocycles. The van der Waals surface area contributed by atoms with E-state index in [0.717, 1.165) is 5.56 Å². The molecule has 1 saturated heterocycles. The fraction of sp³-hybridized carbons (Fsp3) is 0.133. The van der Waals surface area contributed by atoms with Gasteiger partial charge in [-0.25, -0.2) is 4.90 Å². The molecule has 0 bridgehead atoms. The van der Waals surface area contributed by atoms with Gasteiger partial charge in [-0.05, 0) is 30.4 Å². The summed E-state index contributed by atoms with van der Waals surface area (Å²) in [6.07, 6.45) is 5.21. The molecular formula is C15H14N4O2S. The fourth-order valence-corrected chi connectivity index (χ4v) is 2.54. The van der Waals surface area contributed by atoms with Gasteiger partial charge in [-0.2, -0.15) is 5.10 Å². The van der Waals surface area contributed by atoms with E-state index in [9.17, 15) is 4.79 Å². The van der Waals surface area contributed by atoms with Crippen LogP contribution in [0.25, 0.3) is 6.08 Å². The molecule has 1 N–H and O–H groups in total. The molecule has 112 valence electrons.